The van der Waals surface area contributed by atoms with Crippen LogP contribution in [0.3, 0.4) is 0 Å². The number of aryl methyl sites for hydroxylation is 1. The lowest BCUT2D eigenvalue weighted by Crippen LogP contribution is -2.21. The van der Waals surface area contributed by atoms with Crippen LogP contribution >= 0.6 is 11.6 Å². The van der Waals surface area contributed by atoms with Crippen LogP contribution in [-0.4, -0.2) is 28.9 Å². The molecule has 1 heterocycles. The molecule has 4 rings (SSSR count). The summed E-state index contributed by atoms with van der Waals surface area (Å²) in [6.45, 7) is 0. The molecule has 0 saturated carbocycles. The first-order valence-corrected chi connectivity index (χ1v) is 12.1. The lowest BCUT2D eigenvalue weighted by atomic mass is 10.1. The third-order valence-electron chi connectivity index (χ3n) is 4.96. The monoisotopic (exact) mass is 506 g/mol. The van der Waals surface area contributed by atoms with Gasteiger partial charge in [0.15, 0.2) is 5.82 Å². The smallest absolute Gasteiger partial charge is 0.260 e. The Balaban J connectivity index is 1.74. The summed E-state index contributed by atoms with van der Waals surface area (Å²) < 4.78 is 70.3. The van der Waals surface area contributed by atoms with E-state index in [9.17, 15) is 21.6 Å². The number of nitrogens with zero attached hydrogens (tertiary/aromatic N) is 3. The number of hydrogen-bond donors (Lipinski definition) is 1. The topological polar surface area (TPSA) is 76.9 Å². The summed E-state index contributed by atoms with van der Waals surface area (Å²) >= 11 is 5.85. The summed E-state index contributed by atoms with van der Waals surface area (Å²) in [4.78, 5) is 0. The third-order valence-corrected chi connectivity index (χ3v) is 6.45. The van der Waals surface area contributed by atoms with Crippen LogP contribution in [-0.2, 0) is 22.6 Å². The molecule has 0 unspecified atom stereocenters. The molecule has 1 aromatic heterocycles. The van der Waals surface area contributed by atoms with Gasteiger partial charge < -0.3 is 0 Å². The Labute approximate surface area is 199 Å². The zero-order chi connectivity index (χ0) is 24.3. The average Bonchev–Trinajstić information content (AvgIpc) is 3.21. The minimum Gasteiger partial charge on any atom is -0.260 e. The SMILES string of the molecule is O=S(=O)(CCc1ccc(Cl)cc1)Nc1nnc(-c2ccccc2)n1-c1ccccc1C(F)(F)F. The number of nitrogens with one attached hydrogen (secondary N) is 1. The van der Waals surface area contributed by atoms with Crippen LogP contribution in [0.5, 0.6) is 0 Å². The Morgan fingerprint density at radius 2 is 1.53 bits per heavy atom. The normalized spacial score (nSPS) is 12.0. The minimum atomic E-state index is -4.68. The molecule has 1 N–H and O–H groups in total. The Morgan fingerprint density at radius 1 is 0.882 bits per heavy atom. The van der Waals surface area contributed by atoms with Crippen molar-refractivity contribution in [2.45, 2.75) is 12.6 Å². The molecule has 0 aliphatic rings. The Morgan fingerprint density at radius 3 is 2.21 bits per heavy atom. The van der Waals surface area contributed by atoms with Gasteiger partial charge in [-0.15, -0.1) is 10.2 Å². The van der Waals surface area contributed by atoms with E-state index < -0.39 is 21.8 Å². The molecule has 0 bridgehead atoms. The van der Waals surface area contributed by atoms with Crippen molar-refractivity contribution in [1.82, 2.24) is 14.8 Å². The highest BCUT2D eigenvalue weighted by atomic mass is 35.5. The van der Waals surface area contributed by atoms with E-state index in [1.165, 1.54) is 18.2 Å². The van der Waals surface area contributed by atoms with Gasteiger partial charge in [0.05, 0.1) is 17.0 Å². The van der Waals surface area contributed by atoms with Gasteiger partial charge in [-0.25, -0.2) is 8.42 Å². The van der Waals surface area contributed by atoms with Gasteiger partial charge in [-0.1, -0.05) is 66.2 Å². The van der Waals surface area contributed by atoms with Gasteiger partial charge in [0, 0.05) is 10.6 Å². The van der Waals surface area contributed by atoms with Crippen molar-refractivity contribution in [2.75, 3.05) is 10.5 Å². The number of hydrogen-bond acceptors (Lipinski definition) is 4. The summed E-state index contributed by atoms with van der Waals surface area (Å²) in [5.74, 6) is -0.595. The number of benzene rings is 3. The van der Waals surface area contributed by atoms with Crippen LogP contribution in [0.15, 0.2) is 78.9 Å². The molecule has 0 saturated heterocycles. The molecule has 0 aliphatic heterocycles. The van der Waals surface area contributed by atoms with E-state index in [4.69, 9.17) is 11.6 Å². The van der Waals surface area contributed by atoms with E-state index >= 15 is 0 Å². The van der Waals surface area contributed by atoms with E-state index in [-0.39, 0.29) is 29.6 Å². The number of para-hydroxylation sites is 1. The maximum absolute atomic E-state index is 13.8. The van der Waals surface area contributed by atoms with Crippen LogP contribution < -0.4 is 4.72 Å². The van der Waals surface area contributed by atoms with Gasteiger partial charge in [-0.3, -0.25) is 9.29 Å². The predicted molar refractivity (Wildman–Crippen MR) is 124 cm³/mol. The molecule has 4 aromatic rings. The van der Waals surface area contributed by atoms with Crippen LogP contribution in [0.2, 0.25) is 5.02 Å². The number of aromatic nitrogens is 3. The van der Waals surface area contributed by atoms with Gasteiger partial charge in [-0.05, 0) is 36.2 Å². The Kier molecular flexibility index (Phi) is 6.63. The van der Waals surface area contributed by atoms with Crippen molar-refractivity contribution in [2.24, 2.45) is 0 Å². The molecule has 0 amide bonds. The average molecular weight is 507 g/mol. The molecule has 0 atom stereocenters. The molecule has 0 aliphatic carbocycles. The van der Waals surface area contributed by atoms with E-state index in [1.54, 1.807) is 54.6 Å². The second-order valence-electron chi connectivity index (χ2n) is 7.36. The zero-order valence-corrected chi connectivity index (χ0v) is 19.1. The number of sulfonamides is 1. The summed E-state index contributed by atoms with van der Waals surface area (Å²) in [6.07, 6.45) is -4.51. The highest BCUT2D eigenvalue weighted by Crippen LogP contribution is 2.36. The first-order valence-electron chi connectivity index (χ1n) is 10.1. The summed E-state index contributed by atoms with van der Waals surface area (Å²) in [6, 6.07) is 20.0. The second kappa shape index (κ2) is 9.47. The first-order chi connectivity index (χ1) is 16.1. The van der Waals surface area contributed by atoms with E-state index in [0.717, 1.165) is 16.2 Å². The Hall–Kier alpha value is -3.37. The number of anilines is 1. The van der Waals surface area contributed by atoms with Crippen LogP contribution in [0.1, 0.15) is 11.1 Å². The van der Waals surface area contributed by atoms with Crippen LogP contribution in [0, 0.1) is 0 Å². The number of alkyl halides is 3. The third kappa shape index (κ3) is 5.40. The molecule has 176 valence electrons. The molecular formula is C23H18ClF3N4O2S. The maximum atomic E-state index is 13.8. The maximum Gasteiger partial charge on any atom is 0.418 e. The van der Waals surface area contributed by atoms with Gasteiger partial charge in [0.2, 0.25) is 16.0 Å². The van der Waals surface area contributed by atoms with Gasteiger partial charge in [0.25, 0.3) is 0 Å². The lowest BCUT2D eigenvalue weighted by molar-refractivity contribution is -0.137. The highest BCUT2D eigenvalue weighted by Gasteiger charge is 2.35. The lowest BCUT2D eigenvalue weighted by Gasteiger charge is -2.17. The first kappa shape index (κ1) is 23.8. The Bertz CT molecular complexity index is 1390. The quantitative estimate of drug-likeness (QED) is 0.354. The predicted octanol–water partition coefficient (Wildman–Crippen LogP) is 5.59. The van der Waals surface area contributed by atoms with Crippen molar-refractivity contribution in [3.8, 4) is 17.1 Å². The van der Waals surface area contributed by atoms with Crippen molar-refractivity contribution < 1.29 is 21.6 Å². The van der Waals surface area contributed by atoms with Crippen molar-refractivity contribution >= 4 is 27.6 Å². The fraction of sp³-hybridized carbons (Fsp3) is 0.130. The van der Waals surface area contributed by atoms with Gasteiger partial charge in [-0.2, -0.15) is 13.2 Å². The minimum absolute atomic E-state index is 0.0627. The fourth-order valence-electron chi connectivity index (χ4n) is 3.35. The summed E-state index contributed by atoms with van der Waals surface area (Å²) in [5.41, 5.74) is -0.0370. The van der Waals surface area contributed by atoms with Crippen LogP contribution in [0.4, 0.5) is 19.1 Å². The van der Waals surface area contributed by atoms with Gasteiger partial charge >= 0.3 is 6.18 Å². The molecular weight excluding hydrogens is 489 g/mol. The van der Waals surface area contributed by atoms with Crippen molar-refractivity contribution in [3.63, 3.8) is 0 Å². The van der Waals surface area contributed by atoms with Gasteiger partial charge in [0.1, 0.15) is 0 Å². The molecule has 11 heteroatoms. The number of rotatable bonds is 7. The van der Waals surface area contributed by atoms with E-state index in [1.807, 2.05) is 0 Å². The molecule has 0 spiro atoms. The molecule has 3 aromatic carbocycles. The molecule has 6 nitrogen and oxygen atoms in total. The zero-order valence-electron chi connectivity index (χ0n) is 17.5. The molecule has 0 radical (unpaired) electrons. The second-order valence-corrected chi connectivity index (χ2v) is 9.64. The van der Waals surface area contributed by atoms with Crippen molar-refractivity contribution in [3.05, 3.63) is 95.0 Å². The molecule has 0 fully saturated rings. The standard InChI is InChI=1S/C23H18ClF3N4O2S/c24-18-12-10-16(11-13-18)14-15-34(32,33)30-22-29-28-21(17-6-2-1-3-7-17)31(22)20-9-5-4-8-19(20)23(25,26)27/h1-13H,14-15H2,(H,29,30). The largest absolute Gasteiger partial charge is 0.418 e. The number of halogens is 4. The summed E-state index contributed by atoms with van der Waals surface area (Å²) in [5, 5.41) is 8.41. The summed E-state index contributed by atoms with van der Waals surface area (Å²) in [7, 11) is -3.98. The highest BCUT2D eigenvalue weighted by molar-refractivity contribution is 7.92. The van der Waals surface area contributed by atoms with Crippen molar-refractivity contribution in [1.29, 1.82) is 0 Å². The van der Waals surface area contributed by atoms with E-state index in [0.29, 0.717) is 10.6 Å². The van der Waals surface area contributed by atoms with Crippen LogP contribution in [0.25, 0.3) is 17.1 Å². The fourth-order valence-corrected chi connectivity index (χ4v) is 4.50. The van der Waals surface area contributed by atoms with E-state index in [2.05, 4.69) is 14.9 Å². The molecule has 34 heavy (non-hydrogen) atoms.